The number of aromatic nitrogens is 6. The van der Waals surface area contributed by atoms with Crippen LogP contribution in [0.1, 0.15) is 24.2 Å². The molecule has 5 heterocycles. The fourth-order valence-corrected chi connectivity index (χ4v) is 3.87. The van der Waals surface area contributed by atoms with E-state index in [1.54, 1.807) is 18.7 Å². The zero-order chi connectivity index (χ0) is 19.8. The first kappa shape index (κ1) is 17.8. The predicted octanol–water partition coefficient (Wildman–Crippen LogP) is 2.98. The summed E-state index contributed by atoms with van der Waals surface area (Å²) in [5.74, 6) is 2.15. The Hall–Kier alpha value is -3.29. The Kier molecular flexibility index (Phi) is 4.46. The van der Waals surface area contributed by atoms with Crippen molar-refractivity contribution in [1.82, 2.24) is 29.5 Å². The lowest BCUT2D eigenvalue weighted by atomic mass is 9.97. The van der Waals surface area contributed by atoms with Crippen LogP contribution in [0, 0.1) is 19.8 Å². The summed E-state index contributed by atoms with van der Waals surface area (Å²) in [4.78, 5) is 19.8. The van der Waals surface area contributed by atoms with Gasteiger partial charge in [0.15, 0.2) is 5.65 Å². The molecular formula is C21H23N7O. The number of ether oxygens (including phenoxy) is 1. The normalized spacial score (nSPS) is 15.3. The van der Waals surface area contributed by atoms with Gasteiger partial charge < -0.3 is 9.64 Å². The lowest BCUT2D eigenvalue weighted by Crippen LogP contribution is -2.36. The second kappa shape index (κ2) is 7.27. The largest absolute Gasteiger partial charge is 0.476 e. The van der Waals surface area contributed by atoms with Crippen LogP contribution in [0.5, 0.6) is 5.88 Å². The number of nitrogens with zero attached hydrogens (tertiary/aromatic N) is 7. The van der Waals surface area contributed by atoms with Crippen molar-refractivity contribution in [2.45, 2.75) is 26.7 Å². The molecule has 0 spiro atoms. The highest BCUT2D eigenvalue weighted by Gasteiger charge is 2.22. The van der Waals surface area contributed by atoms with Gasteiger partial charge >= 0.3 is 0 Å². The molecule has 8 nitrogen and oxygen atoms in total. The summed E-state index contributed by atoms with van der Waals surface area (Å²) in [6, 6.07) is 5.85. The maximum atomic E-state index is 6.02. The highest BCUT2D eigenvalue weighted by atomic mass is 16.5. The van der Waals surface area contributed by atoms with Crippen molar-refractivity contribution in [3.63, 3.8) is 0 Å². The van der Waals surface area contributed by atoms with Gasteiger partial charge in [0.1, 0.15) is 12.1 Å². The van der Waals surface area contributed by atoms with E-state index in [1.165, 1.54) is 0 Å². The molecule has 0 N–H and O–H groups in total. The third kappa shape index (κ3) is 3.35. The average Bonchev–Trinajstić information content (AvgIpc) is 3.05. The summed E-state index contributed by atoms with van der Waals surface area (Å²) in [5, 5.41) is 5.63. The molecular weight excluding hydrogens is 366 g/mol. The minimum Gasteiger partial charge on any atom is -0.476 e. The number of hydrogen-bond acceptors (Lipinski definition) is 7. The predicted molar refractivity (Wildman–Crippen MR) is 110 cm³/mol. The average molecular weight is 389 g/mol. The van der Waals surface area contributed by atoms with Gasteiger partial charge in [0, 0.05) is 30.7 Å². The molecule has 1 saturated heterocycles. The second-order valence-corrected chi connectivity index (χ2v) is 7.56. The molecule has 0 saturated carbocycles. The van der Waals surface area contributed by atoms with E-state index < -0.39 is 0 Å². The molecule has 0 aliphatic carbocycles. The Morgan fingerprint density at radius 2 is 1.97 bits per heavy atom. The summed E-state index contributed by atoms with van der Waals surface area (Å²) in [6.07, 6.45) is 7.32. The molecule has 4 aromatic rings. The van der Waals surface area contributed by atoms with Crippen LogP contribution >= 0.6 is 0 Å². The molecule has 0 bridgehead atoms. The third-order valence-electron chi connectivity index (χ3n) is 5.71. The summed E-state index contributed by atoms with van der Waals surface area (Å²) >= 11 is 0. The van der Waals surface area contributed by atoms with Gasteiger partial charge in [-0.1, -0.05) is 0 Å². The van der Waals surface area contributed by atoms with Crippen molar-refractivity contribution >= 4 is 22.4 Å². The maximum absolute atomic E-state index is 6.02. The standard InChI is InChI=1S/C21H23N7O/c1-14-15(2)28-19(25-14)3-4-20(26-28)29-12-16-6-9-27(10-7-16)21-17-5-8-22-11-18(17)23-13-24-21/h3-5,8,11,13,16H,6-7,9-10,12H2,1-2H3. The topological polar surface area (TPSA) is 81.3 Å². The van der Waals surface area contributed by atoms with E-state index in [1.807, 2.05) is 36.6 Å². The Balaban J connectivity index is 1.23. The van der Waals surface area contributed by atoms with E-state index in [2.05, 4.69) is 29.9 Å². The molecule has 0 unspecified atom stereocenters. The SMILES string of the molecule is Cc1nc2ccc(OCC3CCN(c4ncnc5cnccc45)CC3)nn2c1C. The minimum atomic E-state index is 0.504. The first-order chi connectivity index (χ1) is 14.2. The van der Waals surface area contributed by atoms with Gasteiger partial charge in [-0.15, -0.1) is 5.10 Å². The van der Waals surface area contributed by atoms with Crippen LogP contribution < -0.4 is 9.64 Å². The number of anilines is 1. The zero-order valence-corrected chi connectivity index (χ0v) is 16.6. The van der Waals surface area contributed by atoms with E-state index in [-0.39, 0.29) is 0 Å². The molecule has 0 radical (unpaired) electrons. The summed E-state index contributed by atoms with van der Waals surface area (Å²) in [7, 11) is 0. The lowest BCUT2D eigenvalue weighted by Gasteiger charge is -2.33. The van der Waals surface area contributed by atoms with Gasteiger partial charge in [0.25, 0.3) is 0 Å². The van der Waals surface area contributed by atoms with Crippen molar-refractivity contribution in [3.05, 3.63) is 48.3 Å². The number of piperidine rings is 1. The summed E-state index contributed by atoms with van der Waals surface area (Å²) in [6.45, 7) is 6.60. The lowest BCUT2D eigenvalue weighted by molar-refractivity contribution is 0.213. The summed E-state index contributed by atoms with van der Waals surface area (Å²) < 4.78 is 7.87. The van der Waals surface area contributed by atoms with E-state index >= 15 is 0 Å². The Bertz CT molecular complexity index is 1160. The smallest absolute Gasteiger partial charge is 0.231 e. The molecule has 8 heteroatoms. The second-order valence-electron chi connectivity index (χ2n) is 7.56. The molecule has 0 atom stereocenters. The first-order valence-corrected chi connectivity index (χ1v) is 9.94. The summed E-state index contributed by atoms with van der Waals surface area (Å²) in [5.41, 5.74) is 3.78. The van der Waals surface area contributed by atoms with Crippen LogP contribution in [0.3, 0.4) is 0 Å². The number of pyridine rings is 1. The molecule has 5 rings (SSSR count). The quantitative estimate of drug-likeness (QED) is 0.531. The Morgan fingerprint density at radius 1 is 1.10 bits per heavy atom. The first-order valence-electron chi connectivity index (χ1n) is 9.94. The fraction of sp³-hybridized carbons (Fsp3) is 0.381. The van der Waals surface area contributed by atoms with Crippen molar-refractivity contribution < 1.29 is 4.74 Å². The van der Waals surface area contributed by atoms with Gasteiger partial charge in [-0.25, -0.2) is 19.5 Å². The van der Waals surface area contributed by atoms with Crippen molar-refractivity contribution in [2.24, 2.45) is 5.92 Å². The Labute approximate surface area is 168 Å². The highest BCUT2D eigenvalue weighted by Crippen LogP contribution is 2.27. The van der Waals surface area contributed by atoms with Crippen molar-refractivity contribution in [3.8, 4) is 5.88 Å². The van der Waals surface area contributed by atoms with Crippen LogP contribution in [-0.4, -0.2) is 49.2 Å². The molecule has 29 heavy (non-hydrogen) atoms. The van der Waals surface area contributed by atoms with Gasteiger partial charge in [0.2, 0.25) is 5.88 Å². The number of fused-ring (bicyclic) bond motifs is 2. The van der Waals surface area contributed by atoms with Crippen LogP contribution in [0.15, 0.2) is 36.9 Å². The molecule has 4 aromatic heterocycles. The highest BCUT2D eigenvalue weighted by molar-refractivity contribution is 5.88. The number of imidazole rings is 1. The van der Waals surface area contributed by atoms with Gasteiger partial charge in [0.05, 0.1) is 29.7 Å². The van der Waals surface area contributed by atoms with Crippen molar-refractivity contribution in [2.75, 3.05) is 24.6 Å². The number of rotatable bonds is 4. The van der Waals surface area contributed by atoms with E-state index in [4.69, 9.17) is 4.74 Å². The molecule has 0 aromatic carbocycles. The van der Waals surface area contributed by atoms with Gasteiger partial charge in [-0.3, -0.25) is 4.98 Å². The molecule has 148 valence electrons. The molecule has 1 aliphatic rings. The van der Waals surface area contributed by atoms with Crippen LogP contribution in [0.25, 0.3) is 16.6 Å². The van der Waals surface area contributed by atoms with Gasteiger partial charge in [-0.05, 0) is 44.7 Å². The molecule has 1 fully saturated rings. The van der Waals surface area contributed by atoms with E-state index in [0.717, 1.165) is 59.7 Å². The monoisotopic (exact) mass is 389 g/mol. The zero-order valence-electron chi connectivity index (χ0n) is 16.6. The van der Waals surface area contributed by atoms with Crippen LogP contribution in [-0.2, 0) is 0 Å². The van der Waals surface area contributed by atoms with Crippen LogP contribution in [0.2, 0.25) is 0 Å². The third-order valence-corrected chi connectivity index (χ3v) is 5.71. The van der Waals surface area contributed by atoms with Crippen molar-refractivity contribution in [1.29, 1.82) is 0 Å². The van der Waals surface area contributed by atoms with E-state index in [9.17, 15) is 0 Å². The fourth-order valence-electron chi connectivity index (χ4n) is 3.87. The Morgan fingerprint density at radius 3 is 2.83 bits per heavy atom. The van der Waals surface area contributed by atoms with E-state index in [0.29, 0.717) is 18.4 Å². The molecule has 1 aliphatic heterocycles. The van der Waals surface area contributed by atoms with Gasteiger partial charge in [-0.2, -0.15) is 0 Å². The van der Waals surface area contributed by atoms with Crippen LogP contribution in [0.4, 0.5) is 5.82 Å². The molecule has 0 amide bonds. The maximum Gasteiger partial charge on any atom is 0.231 e. The number of aryl methyl sites for hydroxylation is 2. The number of hydrogen-bond donors (Lipinski definition) is 0. The minimum absolute atomic E-state index is 0.504.